The van der Waals surface area contributed by atoms with Gasteiger partial charge in [0.05, 0.1) is 6.21 Å². The minimum atomic E-state index is -0.675. The number of carbonyl (C=O) groups is 1. The topological polar surface area (TPSA) is 63.6 Å². The average Bonchev–Trinajstić information content (AvgIpc) is 2.50. The summed E-state index contributed by atoms with van der Waals surface area (Å²) < 4.78 is 5.20. The summed E-state index contributed by atoms with van der Waals surface area (Å²) >= 11 is 0. The summed E-state index contributed by atoms with van der Waals surface area (Å²) in [6.07, 6.45) is 4.19. The molecule has 0 spiro atoms. The monoisotopic (exact) mass is 269 g/mol. The van der Waals surface area contributed by atoms with Crippen molar-refractivity contribution in [1.82, 2.24) is 10.4 Å². The second kappa shape index (κ2) is 7.16. The molecule has 2 aromatic rings. The Kier molecular flexibility index (Phi) is 4.97. The van der Waals surface area contributed by atoms with Gasteiger partial charge in [-0.05, 0) is 23.3 Å². The van der Waals surface area contributed by atoms with Crippen LogP contribution in [0, 0.1) is 0 Å². The molecule has 1 atom stereocenters. The van der Waals surface area contributed by atoms with E-state index in [0.29, 0.717) is 0 Å². The Morgan fingerprint density at radius 3 is 2.60 bits per heavy atom. The van der Waals surface area contributed by atoms with Gasteiger partial charge in [0.2, 0.25) is 0 Å². The number of pyridine rings is 1. The number of hydrogen-bond acceptors (Lipinski definition) is 4. The molecule has 0 fully saturated rings. The lowest BCUT2D eigenvalue weighted by atomic mass is 10.1. The van der Waals surface area contributed by atoms with Gasteiger partial charge < -0.3 is 4.74 Å². The summed E-state index contributed by atoms with van der Waals surface area (Å²) in [6, 6.07) is 12.8. The maximum absolute atomic E-state index is 12.0. The Labute approximate surface area is 117 Å². The maximum Gasteiger partial charge on any atom is 0.273 e. The van der Waals surface area contributed by atoms with Crippen LogP contribution in [-0.2, 0) is 9.53 Å². The zero-order chi connectivity index (χ0) is 14.2. The number of nitrogens with one attached hydrogen (secondary N) is 1. The molecular formula is C15H15N3O2. The first-order valence-corrected chi connectivity index (χ1v) is 6.12. The molecule has 0 aliphatic heterocycles. The van der Waals surface area contributed by atoms with Gasteiger partial charge in [-0.2, -0.15) is 5.10 Å². The normalized spacial score (nSPS) is 12.2. The van der Waals surface area contributed by atoms with Crippen molar-refractivity contribution in [2.45, 2.75) is 6.10 Å². The van der Waals surface area contributed by atoms with Gasteiger partial charge in [-0.3, -0.25) is 9.78 Å². The molecule has 102 valence electrons. The van der Waals surface area contributed by atoms with Crippen molar-refractivity contribution in [3.05, 3.63) is 66.0 Å². The van der Waals surface area contributed by atoms with Gasteiger partial charge in [0.25, 0.3) is 5.91 Å². The van der Waals surface area contributed by atoms with Gasteiger partial charge in [-0.15, -0.1) is 0 Å². The minimum Gasteiger partial charge on any atom is -0.367 e. The first-order chi connectivity index (χ1) is 9.81. The minimum absolute atomic E-state index is 0.316. The zero-order valence-electron chi connectivity index (χ0n) is 11.1. The van der Waals surface area contributed by atoms with E-state index in [-0.39, 0.29) is 5.91 Å². The summed E-state index contributed by atoms with van der Waals surface area (Å²) in [5.41, 5.74) is 4.11. The molecule has 0 aliphatic rings. The molecule has 0 bridgehead atoms. The highest BCUT2D eigenvalue weighted by Crippen LogP contribution is 2.15. The summed E-state index contributed by atoms with van der Waals surface area (Å²) in [6.45, 7) is 0. The number of hydrogen-bond donors (Lipinski definition) is 1. The molecule has 1 amide bonds. The molecule has 5 heteroatoms. The molecule has 0 radical (unpaired) electrons. The van der Waals surface area contributed by atoms with E-state index in [4.69, 9.17) is 4.74 Å². The van der Waals surface area contributed by atoms with Gasteiger partial charge in [0.1, 0.15) is 0 Å². The van der Waals surface area contributed by atoms with Crippen LogP contribution in [0.15, 0.2) is 60.0 Å². The van der Waals surface area contributed by atoms with Crippen LogP contribution in [-0.4, -0.2) is 24.2 Å². The lowest BCUT2D eigenvalue weighted by Gasteiger charge is -2.13. The maximum atomic E-state index is 12.0. The van der Waals surface area contributed by atoms with E-state index < -0.39 is 6.10 Å². The number of carbonyl (C=O) groups excluding carboxylic acids is 1. The lowest BCUT2D eigenvalue weighted by molar-refractivity contribution is -0.131. The third-order valence-corrected chi connectivity index (χ3v) is 2.67. The molecule has 0 aliphatic carbocycles. The first-order valence-electron chi connectivity index (χ1n) is 6.12. The predicted molar refractivity (Wildman–Crippen MR) is 76.2 cm³/mol. The molecule has 1 aromatic heterocycles. The van der Waals surface area contributed by atoms with Crippen LogP contribution in [0.25, 0.3) is 0 Å². The van der Waals surface area contributed by atoms with Crippen molar-refractivity contribution in [3.8, 4) is 0 Å². The highest BCUT2D eigenvalue weighted by atomic mass is 16.5. The molecule has 2 rings (SSSR count). The highest BCUT2D eigenvalue weighted by Gasteiger charge is 2.18. The highest BCUT2D eigenvalue weighted by molar-refractivity contribution is 5.85. The van der Waals surface area contributed by atoms with Gasteiger partial charge in [-0.25, -0.2) is 5.43 Å². The van der Waals surface area contributed by atoms with E-state index in [0.717, 1.165) is 11.1 Å². The van der Waals surface area contributed by atoms with Gasteiger partial charge in [0, 0.05) is 19.5 Å². The Balaban J connectivity index is 1.99. The van der Waals surface area contributed by atoms with Crippen LogP contribution < -0.4 is 5.43 Å². The van der Waals surface area contributed by atoms with Gasteiger partial charge in [0.15, 0.2) is 6.10 Å². The van der Waals surface area contributed by atoms with Crippen LogP contribution >= 0.6 is 0 Å². The zero-order valence-corrected chi connectivity index (χ0v) is 11.1. The first kappa shape index (κ1) is 13.9. The molecule has 5 nitrogen and oxygen atoms in total. The van der Waals surface area contributed by atoms with E-state index in [2.05, 4.69) is 15.5 Å². The van der Waals surface area contributed by atoms with Crippen molar-refractivity contribution in [1.29, 1.82) is 0 Å². The predicted octanol–water partition coefficient (Wildman–Crippen LogP) is 1.92. The Morgan fingerprint density at radius 2 is 1.95 bits per heavy atom. The van der Waals surface area contributed by atoms with Crippen LogP contribution in [0.2, 0.25) is 0 Å². The standard InChI is InChI=1S/C15H15N3O2/c1-20-14(13-5-3-2-4-6-13)15(19)18-17-11-12-7-9-16-10-8-12/h2-11,14H,1H3,(H,18,19)/b17-11-/t14-/m0/s1. The summed E-state index contributed by atoms with van der Waals surface area (Å²) in [5, 5.41) is 3.90. The number of nitrogens with zero attached hydrogens (tertiary/aromatic N) is 2. The average molecular weight is 269 g/mol. The van der Waals surface area contributed by atoms with E-state index in [1.165, 1.54) is 7.11 Å². The molecule has 1 aromatic carbocycles. The van der Waals surface area contributed by atoms with E-state index in [1.54, 1.807) is 30.7 Å². The van der Waals surface area contributed by atoms with Gasteiger partial charge in [-0.1, -0.05) is 30.3 Å². The second-order valence-electron chi connectivity index (χ2n) is 4.04. The third-order valence-electron chi connectivity index (χ3n) is 2.67. The number of hydrazone groups is 1. The lowest BCUT2D eigenvalue weighted by Crippen LogP contribution is -2.26. The Morgan fingerprint density at radius 1 is 1.25 bits per heavy atom. The van der Waals surface area contributed by atoms with E-state index in [1.807, 2.05) is 30.3 Å². The largest absolute Gasteiger partial charge is 0.367 e. The van der Waals surface area contributed by atoms with Gasteiger partial charge >= 0.3 is 0 Å². The van der Waals surface area contributed by atoms with Crippen LogP contribution in [0.3, 0.4) is 0 Å². The van der Waals surface area contributed by atoms with Crippen molar-refractivity contribution in [2.24, 2.45) is 5.10 Å². The smallest absolute Gasteiger partial charge is 0.273 e. The van der Waals surface area contributed by atoms with E-state index in [9.17, 15) is 4.79 Å². The molecule has 0 unspecified atom stereocenters. The molecular weight excluding hydrogens is 254 g/mol. The molecule has 1 N–H and O–H groups in total. The Hall–Kier alpha value is -2.53. The molecule has 0 saturated carbocycles. The quantitative estimate of drug-likeness (QED) is 0.666. The SMILES string of the molecule is CO[C@H](C(=O)N/N=C\c1ccncc1)c1ccccc1. The molecule has 20 heavy (non-hydrogen) atoms. The number of ether oxygens (including phenoxy) is 1. The van der Waals surface area contributed by atoms with Crippen molar-refractivity contribution < 1.29 is 9.53 Å². The number of amides is 1. The second-order valence-corrected chi connectivity index (χ2v) is 4.04. The van der Waals surface area contributed by atoms with Crippen LogP contribution in [0.4, 0.5) is 0 Å². The summed E-state index contributed by atoms with van der Waals surface area (Å²) in [4.78, 5) is 15.9. The number of benzene rings is 1. The van der Waals surface area contributed by atoms with Crippen molar-refractivity contribution in [2.75, 3.05) is 7.11 Å². The fraction of sp³-hybridized carbons (Fsp3) is 0.133. The number of methoxy groups -OCH3 is 1. The van der Waals surface area contributed by atoms with E-state index >= 15 is 0 Å². The van der Waals surface area contributed by atoms with Crippen LogP contribution in [0.1, 0.15) is 17.2 Å². The number of aromatic nitrogens is 1. The fourth-order valence-corrected chi connectivity index (χ4v) is 1.70. The third kappa shape index (κ3) is 3.73. The van der Waals surface area contributed by atoms with Crippen LogP contribution in [0.5, 0.6) is 0 Å². The molecule has 1 heterocycles. The van der Waals surface area contributed by atoms with Crippen molar-refractivity contribution >= 4 is 12.1 Å². The van der Waals surface area contributed by atoms with Crippen molar-refractivity contribution in [3.63, 3.8) is 0 Å². The summed E-state index contributed by atoms with van der Waals surface area (Å²) in [5.74, 6) is -0.316. The Bertz CT molecular complexity index is 570. The molecule has 0 saturated heterocycles. The summed E-state index contributed by atoms with van der Waals surface area (Å²) in [7, 11) is 1.49. The number of rotatable bonds is 5. The fourth-order valence-electron chi connectivity index (χ4n) is 1.70.